The fourth-order valence-corrected chi connectivity index (χ4v) is 4.97. The van der Waals surface area contributed by atoms with E-state index in [0.29, 0.717) is 16.7 Å². The van der Waals surface area contributed by atoms with E-state index in [1.165, 1.54) is 11.3 Å². The Labute approximate surface area is 188 Å². The molecule has 3 heterocycles. The first kappa shape index (κ1) is 20.3. The van der Waals surface area contributed by atoms with E-state index in [-0.39, 0.29) is 12.5 Å². The van der Waals surface area contributed by atoms with Crippen molar-refractivity contribution in [3.8, 4) is 0 Å². The first-order valence-corrected chi connectivity index (χ1v) is 11.3. The summed E-state index contributed by atoms with van der Waals surface area (Å²) in [5.41, 5.74) is 2.32. The lowest BCUT2D eigenvalue weighted by atomic mass is 10.3. The van der Waals surface area contributed by atoms with Gasteiger partial charge in [-0.1, -0.05) is 46.4 Å². The number of fused-ring (bicyclic) bond motifs is 2. The van der Waals surface area contributed by atoms with Crippen LogP contribution in [0.4, 0.5) is 5.13 Å². The highest BCUT2D eigenvalue weighted by atomic mass is 35.5. The molecule has 0 radical (unpaired) electrons. The van der Waals surface area contributed by atoms with Gasteiger partial charge in [0.25, 0.3) is 5.91 Å². The van der Waals surface area contributed by atoms with Crippen LogP contribution in [0.2, 0.25) is 5.02 Å². The summed E-state index contributed by atoms with van der Waals surface area (Å²) >= 11 is 7.80. The molecule has 1 aliphatic heterocycles. The molecule has 2 aromatic heterocycles. The molecule has 4 aromatic rings. The molecule has 5 rings (SSSR count). The number of amides is 1. The smallest absolute Gasteiger partial charge is 0.250 e. The van der Waals surface area contributed by atoms with Gasteiger partial charge in [-0.3, -0.25) is 14.6 Å². The van der Waals surface area contributed by atoms with Gasteiger partial charge in [-0.25, -0.2) is 9.67 Å². The first-order valence-electron chi connectivity index (χ1n) is 10.1. The lowest BCUT2D eigenvalue weighted by Gasteiger charge is -2.29. The Balaban J connectivity index is 1.43. The van der Waals surface area contributed by atoms with Crippen molar-refractivity contribution < 1.29 is 9.53 Å². The third-order valence-corrected chi connectivity index (χ3v) is 6.69. The number of hydrogen-bond donors (Lipinski definition) is 0. The van der Waals surface area contributed by atoms with Gasteiger partial charge in [0, 0.05) is 26.2 Å². The van der Waals surface area contributed by atoms with Crippen LogP contribution in [0, 0.1) is 0 Å². The summed E-state index contributed by atoms with van der Waals surface area (Å²) in [6.07, 6.45) is 0. The van der Waals surface area contributed by atoms with Crippen molar-refractivity contribution in [3.05, 3.63) is 47.5 Å². The molecule has 2 aromatic carbocycles. The molecule has 1 saturated heterocycles. The fourth-order valence-electron chi connectivity index (χ4n) is 3.66. The number of anilines is 1. The molecule has 0 N–H and O–H groups in total. The zero-order valence-corrected chi connectivity index (χ0v) is 18.3. The summed E-state index contributed by atoms with van der Waals surface area (Å²) in [5.74, 6) is -0.0842. The molecule has 0 aliphatic carbocycles. The van der Waals surface area contributed by atoms with Crippen LogP contribution in [-0.4, -0.2) is 70.2 Å². The summed E-state index contributed by atoms with van der Waals surface area (Å²) in [6, 6.07) is 13.3. The molecule has 31 heavy (non-hydrogen) atoms. The standard InChI is InChI=1S/C21H21ClN6O2S/c22-15-4-3-7-18-20(15)23-21(31-18)27(9-8-26-10-12-30-13-11-26)19(29)14-28-17-6-2-1-5-16(17)24-25-28/h1-7H,8-14H2. The van der Waals surface area contributed by atoms with Crippen molar-refractivity contribution in [2.24, 2.45) is 0 Å². The maximum atomic E-state index is 13.4. The predicted octanol–water partition coefficient (Wildman–Crippen LogP) is 3.06. The van der Waals surface area contributed by atoms with Gasteiger partial charge < -0.3 is 4.74 Å². The van der Waals surface area contributed by atoms with E-state index in [0.717, 1.165) is 54.1 Å². The number of para-hydroxylation sites is 2. The number of halogens is 1. The number of thiazole rings is 1. The number of aromatic nitrogens is 4. The van der Waals surface area contributed by atoms with Crippen LogP contribution in [-0.2, 0) is 16.1 Å². The van der Waals surface area contributed by atoms with Gasteiger partial charge in [0.1, 0.15) is 17.6 Å². The van der Waals surface area contributed by atoms with Crippen LogP contribution in [0.5, 0.6) is 0 Å². The molecular formula is C21H21ClN6O2S. The molecule has 0 atom stereocenters. The Morgan fingerprint density at radius 3 is 2.84 bits per heavy atom. The quantitative estimate of drug-likeness (QED) is 0.444. The van der Waals surface area contributed by atoms with Crippen LogP contribution in [0.3, 0.4) is 0 Å². The second-order valence-corrected chi connectivity index (χ2v) is 8.73. The fraction of sp³-hybridized carbons (Fsp3) is 0.333. The summed E-state index contributed by atoms with van der Waals surface area (Å²) in [7, 11) is 0. The second-order valence-electron chi connectivity index (χ2n) is 7.32. The molecule has 0 saturated carbocycles. The number of carbonyl (C=O) groups excluding carboxylic acids is 1. The Bertz CT molecular complexity index is 1220. The van der Waals surface area contributed by atoms with Crippen molar-refractivity contribution in [2.45, 2.75) is 6.54 Å². The summed E-state index contributed by atoms with van der Waals surface area (Å²) < 4.78 is 8.03. The lowest BCUT2D eigenvalue weighted by Crippen LogP contribution is -2.44. The number of hydrogen-bond acceptors (Lipinski definition) is 7. The van der Waals surface area contributed by atoms with Crippen LogP contribution in [0.15, 0.2) is 42.5 Å². The van der Waals surface area contributed by atoms with Crippen molar-refractivity contribution in [1.82, 2.24) is 24.9 Å². The molecule has 160 valence electrons. The van der Waals surface area contributed by atoms with E-state index < -0.39 is 0 Å². The van der Waals surface area contributed by atoms with E-state index in [2.05, 4.69) is 15.2 Å². The molecule has 1 aliphatic rings. The SMILES string of the molecule is O=C(Cn1nnc2ccccc21)N(CCN1CCOCC1)c1nc2c(Cl)cccc2s1. The number of ether oxygens (including phenoxy) is 1. The second kappa shape index (κ2) is 8.88. The third-order valence-electron chi connectivity index (χ3n) is 5.34. The minimum absolute atomic E-state index is 0.0842. The van der Waals surface area contributed by atoms with Gasteiger partial charge >= 0.3 is 0 Å². The normalized spacial score (nSPS) is 15.0. The minimum Gasteiger partial charge on any atom is -0.379 e. The highest BCUT2D eigenvalue weighted by Gasteiger charge is 2.23. The molecule has 0 unspecified atom stereocenters. The first-order chi connectivity index (χ1) is 15.2. The summed E-state index contributed by atoms with van der Waals surface area (Å²) in [5, 5.41) is 9.56. The van der Waals surface area contributed by atoms with Crippen molar-refractivity contribution in [3.63, 3.8) is 0 Å². The van der Waals surface area contributed by atoms with Gasteiger partial charge in [-0.15, -0.1) is 5.10 Å². The van der Waals surface area contributed by atoms with E-state index in [1.54, 1.807) is 9.58 Å². The van der Waals surface area contributed by atoms with E-state index in [9.17, 15) is 4.79 Å². The van der Waals surface area contributed by atoms with E-state index >= 15 is 0 Å². The monoisotopic (exact) mass is 456 g/mol. The average Bonchev–Trinajstić information content (AvgIpc) is 3.40. The third kappa shape index (κ3) is 4.27. The van der Waals surface area contributed by atoms with Crippen LogP contribution < -0.4 is 4.90 Å². The van der Waals surface area contributed by atoms with Crippen molar-refractivity contribution in [1.29, 1.82) is 0 Å². The van der Waals surface area contributed by atoms with Crippen LogP contribution in [0.1, 0.15) is 0 Å². The van der Waals surface area contributed by atoms with E-state index in [4.69, 9.17) is 21.3 Å². The molecule has 0 spiro atoms. The molecule has 8 nitrogen and oxygen atoms in total. The highest BCUT2D eigenvalue weighted by Crippen LogP contribution is 2.33. The van der Waals surface area contributed by atoms with Gasteiger partial charge in [-0.2, -0.15) is 0 Å². The molecule has 1 amide bonds. The molecule has 1 fully saturated rings. The number of nitrogens with zero attached hydrogens (tertiary/aromatic N) is 6. The number of morpholine rings is 1. The average molecular weight is 457 g/mol. The number of rotatable bonds is 6. The van der Waals surface area contributed by atoms with Gasteiger partial charge in [0.05, 0.1) is 28.5 Å². The Hall–Kier alpha value is -2.59. The largest absolute Gasteiger partial charge is 0.379 e. The van der Waals surface area contributed by atoms with Crippen molar-refractivity contribution in [2.75, 3.05) is 44.3 Å². The molecule has 10 heteroatoms. The van der Waals surface area contributed by atoms with Gasteiger partial charge in [-0.05, 0) is 24.3 Å². The Morgan fingerprint density at radius 1 is 1.16 bits per heavy atom. The number of carbonyl (C=O) groups is 1. The van der Waals surface area contributed by atoms with Crippen LogP contribution in [0.25, 0.3) is 21.3 Å². The topological polar surface area (TPSA) is 76.4 Å². The number of benzene rings is 2. The van der Waals surface area contributed by atoms with E-state index in [1.807, 2.05) is 42.5 Å². The predicted molar refractivity (Wildman–Crippen MR) is 122 cm³/mol. The van der Waals surface area contributed by atoms with Crippen molar-refractivity contribution >= 4 is 55.2 Å². The molecule has 0 bridgehead atoms. The zero-order valence-electron chi connectivity index (χ0n) is 16.8. The molecular weight excluding hydrogens is 436 g/mol. The summed E-state index contributed by atoms with van der Waals surface area (Å²) in [6.45, 7) is 4.53. The maximum Gasteiger partial charge on any atom is 0.250 e. The summed E-state index contributed by atoms with van der Waals surface area (Å²) in [4.78, 5) is 22.2. The van der Waals surface area contributed by atoms with Gasteiger partial charge in [0.15, 0.2) is 5.13 Å². The zero-order chi connectivity index (χ0) is 21.2. The van der Waals surface area contributed by atoms with Crippen LogP contribution >= 0.6 is 22.9 Å². The minimum atomic E-state index is -0.0842. The Kier molecular flexibility index (Phi) is 5.82. The Morgan fingerprint density at radius 2 is 2.00 bits per heavy atom. The maximum absolute atomic E-state index is 13.4. The lowest BCUT2D eigenvalue weighted by molar-refractivity contribution is -0.119. The van der Waals surface area contributed by atoms with Gasteiger partial charge in [0.2, 0.25) is 0 Å². The highest BCUT2D eigenvalue weighted by molar-refractivity contribution is 7.22.